The lowest BCUT2D eigenvalue weighted by Crippen LogP contribution is -2.55. The van der Waals surface area contributed by atoms with Gasteiger partial charge in [-0.05, 0) is 70.2 Å². The Morgan fingerprint density at radius 1 is 1.05 bits per heavy atom. The number of phenols is 1. The van der Waals surface area contributed by atoms with E-state index in [1.54, 1.807) is 37.8 Å². The summed E-state index contributed by atoms with van der Waals surface area (Å²) in [5.74, 6) is -0.529. The van der Waals surface area contributed by atoms with Gasteiger partial charge < -0.3 is 25.4 Å². The molecule has 37 heavy (non-hydrogen) atoms. The molecule has 2 aromatic carbocycles. The van der Waals surface area contributed by atoms with E-state index in [0.717, 1.165) is 12.0 Å². The number of hydrogen-bond acceptors (Lipinski definition) is 5. The van der Waals surface area contributed by atoms with Crippen LogP contribution >= 0.6 is 0 Å². The van der Waals surface area contributed by atoms with Gasteiger partial charge in [-0.15, -0.1) is 0 Å². The molecule has 0 aromatic heterocycles. The van der Waals surface area contributed by atoms with Crippen LogP contribution in [0.15, 0.2) is 54.6 Å². The Kier molecular flexibility index (Phi) is 8.84. The van der Waals surface area contributed by atoms with Gasteiger partial charge in [-0.25, -0.2) is 4.79 Å². The lowest BCUT2D eigenvalue weighted by Gasteiger charge is -2.35. The molecule has 0 spiro atoms. The van der Waals surface area contributed by atoms with Crippen LogP contribution in [0.25, 0.3) is 0 Å². The number of rotatable bonds is 9. The van der Waals surface area contributed by atoms with Crippen LogP contribution in [0.2, 0.25) is 0 Å². The average Bonchev–Trinajstić information content (AvgIpc) is 3.51. The Morgan fingerprint density at radius 2 is 1.70 bits per heavy atom. The highest BCUT2D eigenvalue weighted by Crippen LogP contribution is 2.41. The molecule has 200 valence electrons. The summed E-state index contributed by atoms with van der Waals surface area (Å²) in [6.07, 6.45) is 0.265. The van der Waals surface area contributed by atoms with Crippen LogP contribution in [0.3, 0.4) is 0 Å². The van der Waals surface area contributed by atoms with Crippen molar-refractivity contribution in [1.82, 2.24) is 15.5 Å². The average molecular weight is 510 g/mol. The van der Waals surface area contributed by atoms with E-state index in [0.29, 0.717) is 5.56 Å². The second-order valence-corrected chi connectivity index (χ2v) is 11.1. The van der Waals surface area contributed by atoms with Gasteiger partial charge in [0.2, 0.25) is 11.8 Å². The highest BCUT2D eigenvalue weighted by atomic mass is 16.6. The minimum Gasteiger partial charge on any atom is -0.508 e. The summed E-state index contributed by atoms with van der Waals surface area (Å²) in [5.41, 5.74) is 0.624. The van der Waals surface area contributed by atoms with Crippen LogP contribution in [0, 0.1) is 5.92 Å². The van der Waals surface area contributed by atoms with Crippen LogP contribution < -0.4 is 10.6 Å². The molecule has 1 saturated carbocycles. The number of benzene rings is 2. The quantitative estimate of drug-likeness (QED) is 0.466. The molecule has 1 aliphatic carbocycles. The summed E-state index contributed by atoms with van der Waals surface area (Å²) in [4.78, 5) is 42.2. The maximum absolute atomic E-state index is 14.3. The minimum absolute atomic E-state index is 0.00352. The predicted octanol–water partition coefficient (Wildman–Crippen LogP) is 4.33. The molecule has 4 unspecified atom stereocenters. The Labute approximate surface area is 219 Å². The number of nitrogens with one attached hydrogen (secondary N) is 2. The Bertz CT molecular complexity index is 1100. The lowest BCUT2D eigenvalue weighted by molar-refractivity contribution is -0.143. The Balaban J connectivity index is 2.03. The molecule has 0 heterocycles. The summed E-state index contributed by atoms with van der Waals surface area (Å²) in [6, 6.07) is 13.5. The number of hydrogen-bond donors (Lipinski definition) is 3. The maximum atomic E-state index is 14.3. The largest absolute Gasteiger partial charge is 0.508 e. The van der Waals surface area contributed by atoms with Gasteiger partial charge in [0.15, 0.2) is 0 Å². The SMILES string of the molecule is CC(C)NC(=O)C(c1cccc(O)c1)N(C(=O)C(Cc1ccccc1)NC(=O)OC(C)(C)C)C1CC1C. The summed E-state index contributed by atoms with van der Waals surface area (Å²) < 4.78 is 5.46. The first kappa shape index (κ1) is 28.0. The zero-order valence-electron chi connectivity index (χ0n) is 22.5. The summed E-state index contributed by atoms with van der Waals surface area (Å²) in [5, 5.41) is 15.9. The van der Waals surface area contributed by atoms with Gasteiger partial charge in [-0.2, -0.15) is 0 Å². The number of amides is 3. The third-order valence-corrected chi connectivity index (χ3v) is 6.09. The molecule has 4 atom stereocenters. The third kappa shape index (κ3) is 7.97. The fourth-order valence-corrected chi connectivity index (χ4v) is 4.35. The number of aromatic hydroxyl groups is 1. The number of alkyl carbamates (subject to hydrolysis) is 1. The van der Waals surface area contributed by atoms with E-state index in [9.17, 15) is 19.5 Å². The molecule has 0 saturated heterocycles. The van der Waals surface area contributed by atoms with Gasteiger partial charge in [-0.1, -0.05) is 49.4 Å². The van der Waals surface area contributed by atoms with Crippen molar-refractivity contribution in [3.63, 3.8) is 0 Å². The molecule has 3 rings (SSSR count). The van der Waals surface area contributed by atoms with Crippen molar-refractivity contribution >= 4 is 17.9 Å². The number of nitrogens with zero attached hydrogens (tertiary/aromatic N) is 1. The van der Waals surface area contributed by atoms with E-state index in [1.165, 1.54) is 12.1 Å². The topological polar surface area (TPSA) is 108 Å². The lowest BCUT2D eigenvalue weighted by atomic mass is 9.99. The van der Waals surface area contributed by atoms with Crippen LogP contribution in [-0.2, 0) is 20.7 Å². The summed E-state index contributed by atoms with van der Waals surface area (Å²) in [6.45, 7) is 11.0. The first-order valence-corrected chi connectivity index (χ1v) is 12.8. The van der Waals surface area contributed by atoms with Gasteiger partial charge in [0.1, 0.15) is 23.4 Å². The molecular weight excluding hydrogens is 470 g/mol. The van der Waals surface area contributed by atoms with Crippen LogP contribution in [-0.4, -0.2) is 51.6 Å². The van der Waals surface area contributed by atoms with Gasteiger partial charge in [0, 0.05) is 18.5 Å². The fraction of sp³-hybridized carbons (Fsp3) is 0.483. The predicted molar refractivity (Wildman–Crippen MR) is 142 cm³/mol. The summed E-state index contributed by atoms with van der Waals surface area (Å²) in [7, 11) is 0. The molecular formula is C29H39N3O5. The van der Waals surface area contributed by atoms with Crippen LogP contribution in [0.1, 0.15) is 65.1 Å². The minimum atomic E-state index is -0.976. The number of carbonyl (C=O) groups excluding carboxylic acids is 3. The molecule has 3 amide bonds. The van der Waals surface area contributed by atoms with E-state index in [4.69, 9.17) is 4.74 Å². The zero-order chi connectivity index (χ0) is 27.3. The Morgan fingerprint density at radius 3 is 2.24 bits per heavy atom. The monoisotopic (exact) mass is 509 g/mol. The smallest absolute Gasteiger partial charge is 0.408 e. The second-order valence-electron chi connectivity index (χ2n) is 11.1. The standard InChI is InChI=1S/C29H39N3O5/c1-18(2)30-26(34)25(21-13-10-14-22(33)17-21)32(24-15-19(24)3)27(35)23(16-20-11-8-7-9-12-20)31-28(36)37-29(4,5)6/h7-14,17-19,23-25,33H,15-16H2,1-6H3,(H,30,34)(H,31,36). The van der Waals surface area contributed by atoms with Gasteiger partial charge >= 0.3 is 6.09 Å². The normalized spacial score (nSPS) is 18.5. The molecule has 3 N–H and O–H groups in total. The molecule has 1 fully saturated rings. The third-order valence-electron chi connectivity index (χ3n) is 6.09. The van der Waals surface area contributed by atoms with E-state index in [2.05, 4.69) is 10.6 Å². The summed E-state index contributed by atoms with van der Waals surface area (Å²) >= 11 is 0. The first-order valence-electron chi connectivity index (χ1n) is 12.8. The van der Waals surface area contributed by atoms with Crippen molar-refractivity contribution < 1.29 is 24.2 Å². The van der Waals surface area contributed by atoms with Gasteiger partial charge in [0.25, 0.3) is 0 Å². The fourth-order valence-electron chi connectivity index (χ4n) is 4.35. The Hall–Kier alpha value is -3.55. The molecule has 0 radical (unpaired) electrons. The molecule has 0 aliphatic heterocycles. The first-order chi connectivity index (χ1) is 17.4. The van der Waals surface area contributed by atoms with E-state index >= 15 is 0 Å². The van der Waals surface area contributed by atoms with E-state index in [1.807, 2.05) is 51.1 Å². The van der Waals surface area contributed by atoms with Crippen molar-refractivity contribution in [2.75, 3.05) is 0 Å². The van der Waals surface area contributed by atoms with Crippen LogP contribution in [0.5, 0.6) is 5.75 Å². The molecule has 1 aliphatic rings. The highest BCUT2D eigenvalue weighted by molar-refractivity contribution is 5.93. The number of carbonyl (C=O) groups is 3. The van der Waals surface area contributed by atoms with Gasteiger partial charge in [-0.3, -0.25) is 9.59 Å². The van der Waals surface area contributed by atoms with Crippen LogP contribution in [0.4, 0.5) is 4.79 Å². The molecule has 2 aromatic rings. The van der Waals surface area contributed by atoms with E-state index in [-0.39, 0.29) is 42.0 Å². The second kappa shape index (κ2) is 11.7. The van der Waals surface area contributed by atoms with Crippen molar-refractivity contribution in [2.24, 2.45) is 5.92 Å². The maximum Gasteiger partial charge on any atom is 0.408 e. The van der Waals surface area contributed by atoms with E-state index < -0.39 is 23.8 Å². The number of ether oxygens (including phenoxy) is 1. The van der Waals surface area contributed by atoms with Crippen molar-refractivity contribution in [1.29, 1.82) is 0 Å². The van der Waals surface area contributed by atoms with Crippen molar-refractivity contribution in [3.8, 4) is 5.75 Å². The van der Waals surface area contributed by atoms with Gasteiger partial charge in [0.05, 0.1) is 0 Å². The number of phenolic OH excluding ortho intramolecular Hbond substituents is 1. The van der Waals surface area contributed by atoms with Crippen molar-refractivity contribution in [2.45, 2.75) is 84.2 Å². The highest BCUT2D eigenvalue weighted by Gasteiger charge is 2.48. The molecule has 8 nitrogen and oxygen atoms in total. The van der Waals surface area contributed by atoms with Crippen molar-refractivity contribution in [3.05, 3.63) is 65.7 Å². The molecule has 8 heteroatoms. The molecule has 0 bridgehead atoms. The zero-order valence-corrected chi connectivity index (χ0v) is 22.5.